The number of rotatable bonds is 8. The number of hydrogen-bond acceptors (Lipinski definition) is 7. The molecule has 9 heteroatoms. The third-order valence-corrected chi connectivity index (χ3v) is 5.35. The predicted octanol–water partition coefficient (Wildman–Crippen LogP) is 1.07. The summed E-state index contributed by atoms with van der Waals surface area (Å²) in [7, 11) is 0. The third-order valence-electron chi connectivity index (χ3n) is 5.35. The maximum Gasteiger partial charge on any atom is 0.262 e. The molecule has 160 valence electrons. The lowest BCUT2D eigenvalue weighted by atomic mass is 10.0. The number of imide groups is 2. The second-order valence-corrected chi connectivity index (χ2v) is 7.53. The molecule has 2 aliphatic heterocycles. The van der Waals surface area contributed by atoms with Gasteiger partial charge in [-0.25, -0.2) is 0 Å². The van der Waals surface area contributed by atoms with Crippen LogP contribution in [0.4, 0.5) is 5.69 Å². The van der Waals surface area contributed by atoms with Gasteiger partial charge in [-0.05, 0) is 49.2 Å². The van der Waals surface area contributed by atoms with Gasteiger partial charge in [-0.2, -0.15) is 0 Å². The molecule has 0 aliphatic carbocycles. The monoisotopic (exact) mass is 421 g/mol. The molecule has 31 heavy (non-hydrogen) atoms. The summed E-state index contributed by atoms with van der Waals surface area (Å²) in [6, 6.07) is 7.96. The molecule has 1 fully saturated rings. The zero-order valence-electron chi connectivity index (χ0n) is 16.9. The molecule has 1 saturated heterocycles. The summed E-state index contributed by atoms with van der Waals surface area (Å²) in [5.74, 6) is -2.00. The van der Waals surface area contributed by atoms with E-state index >= 15 is 0 Å². The second-order valence-electron chi connectivity index (χ2n) is 7.53. The number of benzene rings is 1. The van der Waals surface area contributed by atoms with Gasteiger partial charge in [-0.3, -0.25) is 34.4 Å². The number of carbonyl (C=O) groups excluding carboxylic acids is 4. The van der Waals surface area contributed by atoms with E-state index in [1.165, 1.54) is 0 Å². The van der Waals surface area contributed by atoms with Crippen LogP contribution in [0.3, 0.4) is 0 Å². The summed E-state index contributed by atoms with van der Waals surface area (Å²) in [5.41, 5.74) is 2.41. The molecular formula is C22H23N5O4. The Morgan fingerprint density at radius 1 is 1.06 bits per heavy atom. The highest BCUT2D eigenvalue weighted by molar-refractivity contribution is 6.23. The fourth-order valence-electron chi connectivity index (χ4n) is 3.76. The Morgan fingerprint density at radius 2 is 1.90 bits per heavy atom. The van der Waals surface area contributed by atoms with Crippen LogP contribution < -0.4 is 16.0 Å². The summed E-state index contributed by atoms with van der Waals surface area (Å²) < 4.78 is 0. The molecule has 1 atom stereocenters. The van der Waals surface area contributed by atoms with Crippen LogP contribution >= 0.6 is 0 Å². The quantitative estimate of drug-likeness (QED) is 0.431. The number of fused-ring (bicyclic) bond motifs is 1. The van der Waals surface area contributed by atoms with Gasteiger partial charge >= 0.3 is 0 Å². The average molecular weight is 421 g/mol. The minimum atomic E-state index is -0.951. The lowest BCUT2D eigenvalue weighted by Crippen LogP contribution is -2.54. The first-order valence-electron chi connectivity index (χ1n) is 10.2. The smallest absolute Gasteiger partial charge is 0.262 e. The van der Waals surface area contributed by atoms with Gasteiger partial charge in [0, 0.05) is 37.6 Å². The Kier molecular flexibility index (Phi) is 6.03. The molecule has 0 saturated carbocycles. The topological polar surface area (TPSA) is 120 Å². The number of carbonyl (C=O) groups is 4. The fourth-order valence-corrected chi connectivity index (χ4v) is 3.76. The van der Waals surface area contributed by atoms with Crippen molar-refractivity contribution in [3.05, 3.63) is 59.4 Å². The largest absolute Gasteiger partial charge is 0.385 e. The molecule has 0 bridgehead atoms. The Labute approximate surface area is 179 Å². The van der Waals surface area contributed by atoms with Crippen molar-refractivity contribution in [2.75, 3.05) is 18.4 Å². The van der Waals surface area contributed by atoms with Crippen LogP contribution in [-0.4, -0.2) is 52.6 Å². The minimum Gasteiger partial charge on any atom is -0.385 e. The molecule has 1 aromatic heterocycles. The van der Waals surface area contributed by atoms with E-state index in [1.807, 2.05) is 18.3 Å². The van der Waals surface area contributed by atoms with Gasteiger partial charge in [0.1, 0.15) is 6.04 Å². The number of hydrogen-bond donors (Lipinski definition) is 3. The number of aromatic nitrogens is 1. The summed E-state index contributed by atoms with van der Waals surface area (Å²) in [6.07, 6.45) is 4.68. The van der Waals surface area contributed by atoms with Crippen molar-refractivity contribution in [3.8, 4) is 0 Å². The maximum atomic E-state index is 12.8. The van der Waals surface area contributed by atoms with Crippen LogP contribution in [0.25, 0.3) is 0 Å². The molecule has 2 aliphatic rings. The van der Waals surface area contributed by atoms with Gasteiger partial charge in [-0.1, -0.05) is 6.07 Å². The van der Waals surface area contributed by atoms with Gasteiger partial charge in [0.25, 0.3) is 11.8 Å². The number of nitrogens with one attached hydrogen (secondary N) is 3. The van der Waals surface area contributed by atoms with Crippen LogP contribution in [0, 0.1) is 0 Å². The normalized spacial score (nSPS) is 18.2. The number of nitrogens with zero attached hydrogens (tertiary/aromatic N) is 2. The first kappa shape index (κ1) is 20.7. The maximum absolute atomic E-state index is 12.8. The molecule has 4 rings (SSSR count). The van der Waals surface area contributed by atoms with E-state index in [2.05, 4.69) is 20.9 Å². The Balaban J connectivity index is 1.31. The highest BCUT2D eigenvalue weighted by Crippen LogP contribution is 2.29. The van der Waals surface area contributed by atoms with Gasteiger partial charge in [-0.15, -0.1) is 0 Å². The van der Waals surface area contributed by atoms with Crippen molar-refractivity contribution in [2.24, 2.45) is 0 Å². The Bertz CT molecular complexity index is 1020. The highest BCUT2D eigenvalue weighted by Gasteiger charge is 2.44. The van der Waals surface area contributed by atoms with E-state index in [4.69, 9.17) is 0 Å². The molecule has 1 aromatic carbocycles. The van der Waals surface area contributed by atoms with Crippen LogP contribution in [0.5, 0.6) is 0 Å². The number of pyridine rings is 1. The van der Waals surface area contributed by atoms with Crippen molar-refractivity contribution in [3.63, 3.8) is 0 Å². The lowest BCUT2D eigenvalue weighted by molar-refractivity contribution is -0.136. The van der Waals surface area contributed by atoms with Crippen LogP contribution in [-0.2, 0) is 16.1 Å². The molecule has 3 heterocycles. The minimum absolute atomic E-state index is 0.103. The van der Waals surface area contributed by atoms with E-state index in [9.17, 15) is 19.2 Å². The first-order chi connectivity index (χ1) is 15.0. The van der Waals surface area contributed by atoms with Crippen molar-refractivity contribution < 1.29 is 19.2 Å². The molecular weight excluding hydrogens is 398 g/mol. The molecule has 0 spiro atoms. The fraction of sp³-hybridized carbons (Fsp3) is 0.318. The highest BCUT2D eigenvalue weighted by atomic mass is 16.2. The summed E-state index contributed by atoms with van der Waals surface area (Å²) >= 11 is 0. The van der Waals surface area contributed by atoms with Crippen molar-refractivity contribution in [1.82, 2.24) is 20.5 Å². The average Bonchev–Trinajstić information content (AvgIpc) is 3.01. The Morgan fingerprint density at radius 3 is 2.68 bits per heavy atom. The molecule has 2 aromatic rings. The van der Waals surface area contributed by atoms with E-state index in [0.717, 1.165) is 35.7 Å². The van der Waals surface area contributed by atoms with Crippen molar-refractivity contribution in [2.45, 2.75) is 31.8 Å². The van der Waals surface area contributed by atoms with Gasteiger partial charge in [0.2, 0.25) is 11.8 Å². The standard InChI is InChI=1S/C22H23N5O4/c28-19-7-6-18(20(29)26-19)27-21(30)16-5-4-15(11-17(16)22(27)31)25-10-2-9-24-13-14-3-1-8-23-12-14/h1,3-5,8,11-12,18,24-25H,2,6-7,9-10,13H2,(H,26,28,29). The summed E-state index contributed by atoms with van der Waals surface area (Å²) in [5, 5.41) is 8.80. The predicted molar refractivity (Wildman–Crippen MR) is 112 cm³/mol. The lowest BCUT2D eigenvalue weighted by Gasteiger charge is -2.27. The van der Waals surface area contributed by atoms with Crippen LogP contribution in [0.1, 0.15) is 45.5 Å². The number of anilines is 1. The SMILES string of the molecule is O=C1CCC(N2C(=O)c3ccc(NCCCNCc4cccnc4)cc3C2=O)C(=O)N1. The summed E-state index contributed by atoms with van der Waals surface area (Å²) in [6.45, 7) is 2.25. The zero-order valence-corrected chi connectivity index (χ0v) is 16.9. The van der Waals surface area contributed by atoms with Crippen molar-refractivity contribution in [1.29, 1.82) is 0 Å². The molecule has 4 amide bonds. The van der Waals surface area contributed by atoms with Gasteiger partial charge < -0.3 is 10.6 Å². The van der Waals surface area contributed by atoms with E-state index in [1.54, 1.807) is 24.4 Å². The first-order valence-corrected chi connectivity index (χ1v) is 10.2. The van der Waals surface area contributed by atoms with Gasteiger partial charge in [0.05, 0.1) is 11.1 Å². The van der Waals surface area contributed by atoms with Crippen LogP contribution in [0.15, 0.2) is 42.7 Å². The zero-order chi connectivity index (χ0) is 21.8. The van der Waals surface area contributed by atoms with Gasteiger partial charge in [0.15, 0.2) is 0 Å². The molecule has 9 nitrogen and oxygen atoms in total. The number of amides is 4. The van der Waals surface area contributed by atoms with E-state index in [-0.39, 0.29) is 29.9 Å². The second kappa shape index (κ2) is 9.05. The number of piperidine rings is 1. The summed E-state index contributed by atoms with van der Waals surface area (Å²) in [4.78, 5) is 54.1. The van der Waals surface area contributed by atoms with E-state index < -0.39 is 23.8 Å². The Hall–Kier alpha value is -3.59. The van der Waals surface area contributed by atoms with E-state index in [0.29, 0.717) is 6.54 Å². The molecule has 3 N–H and O–H groups in total. The molecule has 0 radical (unpaired) electrons. The van der Waals surface area contributed by atoms with Crippen molar-refractivity contribution >= 4 is 29.3 Å². The van der Waals surface area contributed by atoms with Crippen LogP contribution in [0.2, 0.25) is 0 Å². The molecule has 1 unspecified atom stereocenters. The third kappa shape index (κ3) is 4.46.